The van der Waals surface area contributed by atoms with Crippen molar-refractivity contribution < 1.29 is 31.1 Å². The summed E-state index contributed by atoms with van der Waals surface area (Å²) < 4.78 is 67.7. The predicted octanol–water partition coefficient (Wildman–Crippen LogP) is 4.31. The molecule has 0 aliphatic carbocycles. The van der Waals surface area contributed by atoms with E-state index in [2.05, 4.69) is 5.32 Å². The van der Waals surface area contributed by atoms with Gasteiger partial charge in [-0.3, -0.25) is 9.10 Å². The van der Waals surface area contributed by atoms with Gasteiger partial charge in [0.1, 0.15) is 18.1 Å². The highest BCUT2D eigenvalue weighted by atomic mass is 32.2. The summed E-state index contributed by atoms with van der Waals surface area (Å²) in [7, 11) is -7.52. The molecule has 12 heteroatoms. The molecule has 0 bridgehead atoms. The van der Waals surface area contributed by atoms with Gasteiger partial charge in [-0.05, 0) is 72.4 Å². The Hall–Kier alpha value is -3.61. The first-order valence-electron chi connectivity index (χ1n) is 14.8. The lowest BCUT2D eigenvalue weighted by molar-refractivity contribution is -0.127. The summed E-state index contributed by atoms with van der Waals surface area (Å²) in [4.78, 5) is 13.5. The van der Waals surface area contributed by atoms with E-state index in [4.69, 9.17) is 9.47 Å². The molecule has 5 rings (SSSR count). The van der Waals surface area contributed by atoms with Crippen LogP contribution in [0, 0.1) is 0 Å². The topological polar surface area (TPSA) is 122 Å². The number of sulfonamides is 2. The van der Waals surface area contributed by atoms with Crippen LogP contribution in [0.1, 0.15) is 45.6 Å². The summed E-state index contributed by atoms with van der Waals surface area (Å²) >= 11 is 0. The van der Waals surface area contributed by atoms with Gasteiger partial charge < -0.3 is 14.8 Å². The fraction of sp³-hybridized carbons (Fsp3) is 0.406. The van der Waals surface area contributed by atoms with Crippen molar-refractivity contribution in [3.8, 4) is 11.5 Å². The number of nitrogens with one attached hydrogen (secondary N) is 1. The Balaban J connectivity index is 1.23. The van der Waals surface area contributed by atoms with Gasteiger partial charge in [0.25, 0.3) is 15.9 Å². The van der Waals surface area contributed by atoms with Gasteiger partial charge in [0.05, 0.1) is 28.6 Å². The third-order valence-corrected chi connectivity index (χ3v) is 11.5. The molecular weight excluding hydrogens is 603 g/mol. The van der Waals surface area contributed by atoms with E-state index in [1.807, 2.05) is 26.8 Å². The number of piperidine rings is 1. The van der Waals surface area contributed by atoms with E-state index >= 15 is 0 Å². The fourth-order valence-electron chi connectivity index (χ4n) is 5.22. The Morgan fingerprint density at radius 2 is 1.55 bits per heavy atom. The second-order valence-corrected chi connectivity index (χ2v) is 15.8. The molecule has 1 saturated heterocycles. The van der Waals surface area contributed by atoms with Gasteiger partial charge >= 0.3 is 0 Å². The number of rotatable bonds is 9. The number of nitrogens with zero attached hydrogens (tertiary/aromatic N) is 2. The second-order valence-electron chi connectivity index (χ2n) is 12.0. The van der Waals surface area contributed by atoms with Crippen molar-refractivity contribution in [1.82, 2.24) is 9.62 Å². The van der Waals surface area contributed by atoms with Crippen LogP contribution >= 0.6 is 0 Å². The van der Waals surface area contributed by atoms with E-state index in [1.165, 1.54) is 32.9 Å². The lowest BCUT2D eigenvalue weighted by atomic mass is 9.86. The molecule has 2 aliphatic heterocycles. The van der Waals surface area contributed by atoms with E-state index in [9.17, 15) is 21.6 Å². The minimum absolute atomic E-state index is 0.119. The molecule has 0 aromatic heterocycles. The van der Waals surface area contributed by atoms with Crippen molar-refractivity contribution in [3.05, 3.63) is 78.4 Å². The number of anilines is 1. The molecule has 2 aliphatic rings. The molecule has 0 unspecified atom stereocenters. The predicted molar refractivity (Wildman–Crippen MR) is 168 cm³/mol. The Morgan fingerprint density at radius 1 is 0.886 bits per heavy atom. The van der Waals surface area contributed by atoms with Crippen molar-refractivity contribution >= 4 is 31.6 Å². The Labute approximate surface area is 260 Å². The number of hydrogen-bond acceptors (Lipinski definition) is 7. The van der Waals surface area contributed by atoms with Crippen molar-refractivity contribution in [2.75, 3.05) is 37.1 Å². The minimum atomic E-state index is -3.98. The number of carbonyl (C=O) groups is 1. The average Bonchev–Trinajstić information content (AvgIpc) is 3.02. The number of ether oxygens (including phenoxy) is 2. The van der Waals surface area contributed by atoms with Crippen LogP contribution in [0.5, 0.6) is 11.5 Å². The molecular formula is C32H39N3O7S2. The fourth-order valence-corrected chi connectivity index (χ4v) is 8.23. The lowest BCUT2D eigenvalue weighted by Gasteiger charge is -2.36. The summed E-state index contributed by atoms with van der Waals surface area (Å²) in [5, 5.41) is 2.77. The Morgan fingerprint density at radius 3 is 2.20 bits per heavy atom. The van der Waals surface area contributed by atoms with Gasteiger partial charge in [-0.2, -0.15) is 4.31 Å². The first-order valence-corrected chi connectivity index (χ1v) is 17.6. The van der Waals surface area contributed by atoms with Crippen LogP contribution < -0.4 is 19.1 Å². The molecule has 1 atom stereocenters. The number of hydrogen-bond donors (Lipinski definition) is 1. The van der Waals surface area contributed by atoms with E-state index in [-0.39, 0.29) is 34.9 Å². The van der Waals surface area contributed by atoms with Crippen molar-refractivity contribution in [1.29, 1.82) is 0 Å². The lowest BCUT2D eigenvalue weighted by Crippen LogP contribution is -2.51. The Kier molecular flexibility index (Phi) is 9.24. The molecule has 0 saturated carbocycles. The molecule has 1 fully saturated rings. The SMILES string of the molecule is CC(C)(C)c1ccc2c(c1)N(S(=O)(=O)c1ccccc1)C[C@@H](C(=O)NCCOc1ccc(S(=O)(=O)N3CCCCC3)cc1)O2. The molecule has 0 spiro atoms. The standard InChI is InChI=1S/C32H39N3O7S2/c1-32(2,3)24-12-17-29-28(22-24)35(44(39,40)26-10-6-4-7-11-26)23-30(42-29)31(36)33-18-21-41-25-13-15-27(16-14-25)43(37,38)34-19-8-5-9-20-34/h4,6-7,10-17,22,30H,5,8-9,18-21,23H2,1-3H3,(H,33,36)/t30-/m0/s1. The zero-order valence-corrected chi connectivity index (χ0v) is 26.9. The summed E-state index contributed by atoms with van der Waals surface area (Å²) in [5.74, 6) is 0.296. The van der Waals surface area contributed by atoms with Crippen molar-refractivity contribution in [2.24, 2.45) is 0 Å². The molecule has 10 nitrogen and oxygen atoms in total. The Bertz CT molecular complexity index is 1680. The maximum atomic E-state index is 13.8. The van der Waals surface area contributed by atoms with Gasteiger partial charge in [-0.15, -0.1) is 0 Å². The van der Waals surface area contributed by atoms with Gasteiger partial charge in [0.15, 0.2) is 6.10 Å². The smallest absolute Gasteiger partial charge is 0.264 e. The second kappa shape index (κ2) is 12.8. The normalized spacial score (nSPS) is 17.8. The van der Waals surface area contributed by atoms with Crippen molar-refractivity contribution in [2.45, 2.75) is 61.3 Å². The molecule has 1 amide bonds. The zero-order valence-electron chi connectivity index (χ0n) is 25.2. The summed E-state index contributed by atoms with van der Waals surface area (Å²) in [6, 6.07) is 19.8. The third kappa shape index (κ3) is 6.87. The maximum Gasteiger partial charge on any atom is 0.264 e. The zero-order chi connectivity index (χ0) is 31.5. The molecule has 3 aromatic rings. The van der Waals surface area contributed by atoms with Crippen molar-refractivity contribution in [3.63, 3.8) is 0 Å². The van der Waals surface area contributed by atoms with Crippen LogP contribution in [0.4, 0.5) is 5.69 Å². The third-order valence-electron chi connectivity index (χ3n) is 7.76. The van der Waals surface area contributed by atoms with Gasteiger partial charge in [0, 0.05) is 13.1 Å². The molecule has 44 heavy (non-hydrogen) atoms. The van der Waals surface area contributed by atoms with E-state index in [0.717, 1.165) is 24.8 Å². The first kappa shape index (κ1) is 31.8. The van der Waals surface area contributed by atoms with E-state index < -0.39 is 32.1 Å². The number of benzene rings is 3. The van der Waals surface area contributed by atoms with Crippen LogP contribution in [0.3, 0.4) is 0 Å². The van der Waals surface area contributed by atoms with E-state index in [0.29, 0.717) is 30.3 Å². The average molecular weight is 642 g/mol. The van der Waals surface area contributed by atoms with Gasteiger partial charge in [0.2, 0.25) is 10.0 Å². The molecule has 0 radical (unpaired) electrons. The summed E-state index contributed by atoms with van der Waals surface area (Å²) in [6.07, 6.45) is 1.69. The largest absolute Gasteiger partial charge is 0.492 e. The van der Waals surface area contributed by atoms with Crippen LogP contribution in [0.25, 0.3) is 0 Å². The quantitative estimate of drug-likeness (QED) is 0.346. The molecule has 236 valence electrons. The highest BCUT2D eigenvalue weighted by Crippen LogP contribution is 2.40. The number of carbonyl (C=O) groups excluding carboxylic acids is 1. The number of fused-ring (bicyclic) bond motifs is 1. The van der Waals surface area contributed by atoms with Crippen LogP contribution in [-0.4, -0.2) is 65.9 Å². The highest BCUT2D eigenvalue weighted by molar-refractivity contribution is 7.92. The first-order chi connectivity index (χ1) is 20.9. The van der Waals surface area contributed by atoms with Gasteiger partial charge in [-0.25, -0.2) is 16.8 Å². The van der Waals surface area contributed by atoms with Gasteiger partial charge in [-0.1, -0.05) is 51.5 Å². The maximum absolute atomic E-state index is 13.8. The van der Waals surface area contributed by atoms with E-state index in [1.54, 1.807) is 42.5 Å². The monoisotopic (exact) mass is 641 g/mol. The molecule has 1 N–H and O–H groups in total. The summed E-state index contributed by atoms with van der Waals surface area (Å²) in [5.41, 5.74) is 1.09. The highest BCUT2D eigenvalue weighted by Gasteiger charge is 2.38. The van der Waals surface area contributed by atoms with Crippen LogP contribution in [-0.2, 0) is 30.3 Å². The van der Waals surface area contributed by atoms with Crippen LogP contribution in [0.2, 0.25) is 0 Å². The number of amides is 1. The summed E-state index contributed by atoms with van der Waals surface area (Å²) in [6.45, 7) is 7.24. The van der Waals surface area contributed by atoms with Crippen LogP contribution in [0.15, 0.2) is 82.6 Å². The molecule has 2 heterocycles. The molecule has 3 aromatic carbocycles. The minimum Gasteiger partial charge on any atom is -0.492 e.